The Kier molecular flexibility index (Phi) is 8.46. The maximum atomic E-state index is 13.8. The van der Waals surface area contributed by atoms with Crippen LogP contribution in [0.4, 0.5) is 5.69 Å². The fraction of sp³-hybridized carbons (Fsp3) is 0.0690. The topological polar surface area (TPSA) is 88.8 Å². The summed E-state index contributed by atoms with van der Waals surface area (Å²) in [7, 11) is -4.07. The minimum Gasteiger partial charge on any atom is -0.467 e. The second-order valence-electron chi connectivity index (χ2n) is 8.62. The molecule has 5 aromatic rings. The molecule has 0 aliphatic carbocycles. The van der Waals surface area contributed by atoms with Gasteiger partial charge < -0.3 is 14.1 Å². The molecule has 0 fully saturated rings. The van der Waals surface area contributed by atoms with E-state index in [9.17, 15) is 13.2 Å². The lowest BCUT2D eigenvalue weighted by molar-refractivity contribution is 0.0720. The number of carbonyl (C=O) groups excluding carboxylic acids is 1. The van der Waals surface area contributed by atoms with Crippen molar-refractivity contribution in [1.82, 2.24) is 4.90 Å². The van der Waals surface area contributed by atoms with Gasteiger partial charge in [-0.1, -0.05) is 41.4 Å². The Morgan fingerprint density at radius 2 is 1.73 bits per heavy atom. The zero-order valence-corrected chi connectivity index (χ0v) is 23.9. The molecule has 0 unspecified atom stereocenters. The molecule has 0 radical (unpaired) electrons. The molecule has 0 bridgehead atoms. The molecule has 5 rings (SSSR count). The van der Waals surface area contributed by atoms with Crippen LogP contribution in [-0.2, 0) is 23.1 Å². The van der Waals surface area contributed by atoms with E-state index in [-0.39, 0.29) is 22.7 Å². The van der Waals surface area contributed by atoms with E-state index >= 15 is 0 Å². The lowest BCUT2D eigenvalue weighted by Crippen LogP contribution is -2.30. The molecule has 11 heteroatoms. The Morgan fingerprint density at radius 3 is 2.42 bits per heavy atom. The number of hydrogen-bond donors (Lipinski definition) is 1. The van der Waals surface area contributed by atoms with E-state index in [1.165, 1.54) is 60.1 Å². The van der Waals surface area contributed by atoms with Gasteiger partial charge in [-0.25, -0.2) is 8.42 Å². The summed E-state index contributed by atoms with van der Waals surface area (Å²) >= 11 is 13.9. The fourth-order valence-electron chi connectivity index (χ4n) is 3.88. The Balaban J connectivity index is 1.40. The molecule has 0 saturated heterocycles. The number of anilines is 1. The first-order valence-corrected chi connectivity index (χ1v) is 15.1. The first-order chi connectivity index (χ1) is 19.3. The zero-order valence-electron chi connectivity index (χ0n) is 20.8. The van der Waals surface area contributed by atoms with E-state index in [1.54, 1.807) is 41.3 Å². The highest BCUT2D eigenvalue weighted by molar-refractivity contribution is 7.92. The second kappa shape index (κ2) is 12.2. The first kappa shape index (κ1) is 27.8. The van der Waals surface area contributed by atoms with Gasteiger partial charge in [0.25, 0.3) is 15.9 Å². The largest absolute Gasteiger partial charge is 0.467 e. The maximum Gasteiger partial charge on any atom is 0.261 e. The summed E-state index contributed by atoms with van der Waals surface area (Å²) in [5.41, 5.74) is 0.208. The Hall–Kier alpha value is -3.76. The highest BCUT2D eigenvalue weighted by Gasteiger charge is 2.24. The van der Waals surface area contributed by atoms with Crippen LogP contribution in [0.25, 0.3) is 0 Å². The average molecular weight is 614 g/mol. The summed E-state index contributed by atoms with van der Waals surface area (Å²) in [6.07, 6.45) is 1.53. The van der Waals surface area contributed by atoms with Gasteiger partial charge in [0.1, 0.15) is 17.3 Å². The quantitative estimate of drug-likeness (QED) is 0.172. The van der Waals surface area contributed by atoms with Gasteiger partial charge in [-0.3, -0.25) is 9.52 Å². The van der Waals surface area contributed by atoms with Crippen LogP contribution in [-0.4, -0.2) is 19.2 Å². The highest BCUT2D eigenvalue weighted by Crippen LogP contribution is 2.31. The number of halogens is 2. The number of amides is 1. The van der Waals surface area contributed by atoms with E-state index in [1.807, 2.05) is 17.5 Å². The summed E-state index contributed by atoms with van der Waals surface area (Å²) in [4.78, 5) is 16.3. The molecule has 3 aromatic carbocycles. The van der Waals surface area contributed by atoms with Gasteiger partial charge in [-0.15, -0.1) is 11.3 Å². The standard InChI is InChI=1S/C29H22Cl2N2O5S2/c30-20-9-14-27(25(17-20)29(34)33(18-22-5-3-15-37-22)19-23-6-4-16-39-23)32-40(35,36)24-12-10-21(11-13-24)38-28-8-2-1-7-26(28)31/h1-17,32H,18-19H2. The minimum atomic E-state index is -4.07. The number of carbonyl (C=O) groups is 1. The number of thiophene rings is 1. The Morgan fingerprint density at radius 1 is 0.925 bits per heavy atom. The molecule has 40 heavy (non-hydrogen) atoms. The monoisotopic (exact) mass is 612 g/mol. The summed E-state index contributed by atoms with van der Waals surface area (Å²) in [5.74, 6) is 1.04. The van der Waals surface area contributed by atoms with Crippen molar-refractivity contribution in [1.29, 1.82) is 0 Å². The maximum absolute atomic E-state index is 13.8. The van der Waals surface area contributed by atoms with Crippen LogP contribution in [0.5, 0.6) is 11.5 Å². The number of benzene rings is 3. The molecule has 0 atom stereocenters. The Labute approximate surface area is 245 Å². The van der Waals surface area contributed by atoms with Gasteiger partial charge in [-0.2, -0.15) is 0 Å². The third-order valence-electron chi connectivity index (χ3n) is 5.80. The summed E-state index contributed by atoms with van der Waals surface area (Å²) < 4.78 is 40.4. The van der Waals surface area contributed by atoms with Crippen molar-refractivity contribution in [3.63, 3.8) is 0 Å². The SMILES string of the molecule is O=C(c1cc(Cl)ccc1NS(=O)(=O)c1ccc(Oc2ccccc2Cl)cc1)N(Cc1ccco1)Cc1cccs1. The fourth-order valence-corrected chi connectivity index (χ4v) is 6.02. The molecule has 2 aromatic heterocycles. The molecular formula is C29H22Cl2N2O5S2. The third-order valence-corrected chi connectivity index (χ3v) is 8.59. The van der Waals surface area contributed by atoms with E-state index in [0.29, 0.717) is 33.8 Å². The number of furan rings is 1. The van der Waals surface area contributed by atoms with Crippen molar-refractivity contribution >= 4 is 56.2 Å². The number of ether oxygens (including phenoxy) is 1. The van der Waals surface area contributed by atoms with E-state index < -0.39 is 15.9 Å². The number of rotatable bonds is 10. The van der Waals surface area contributed by atoms with E-state index in [0.717, 1.165) is 4.88 Å². The van der Waals surface area contributed by atoms with Crippen LogP contribution in [0.15, 0.2) is 112 Å². The van der Waals surface area contributed by atoms with Crippen LogP contribution in [0.2, 0.25) is 10.0 Å². The van der Waals surface area contributed by atoms with Crippen molar-refractivity contribution in [3.05, 3.63) is 129 Å². The Bertz CT molecular complexity index is 1670. The van der Waals surface area contributed by atoms with Crippen LogP contribution in [0, 0.1) is 0 Å². The van der Waals surface area contributed by atoms with Crippen molar-refractivity contribution < 1.29 is 22.4 Å². The van der Waals surface area contributed by atoms with Crippen molar-refractivity contribution in [2.75, 3.05) is 4.72 Å². The van der Waals surface area contributed by atoms with Gasteiger partial charge in [0.2, 0.25) is 0 Å². The van der Waals surface area contributed by atoms with Gasteiger partial charge >= 0.3 is 0 Å². The average Bonchev–Trinajstić information content (AvgIpc) is 3.65. The number of para-hydroxylation sites is 1. The molecular weight excluding hydrogens is 591 g/mol. The zero-order chi connectivity index (χ0) is 28.1. The van der Waals surface area contributed by atoms with Crippen LogP contribution >= 0.6 is 34.5 Å². The van der Waals surface area contributed by atoms with Gasteiger partial charge in [0, 0.05) is 9.90 Å². The van der Waals surface area contributed by atoms with Crippen LogP contribution in [0.3, 0.4) is 0 Å². The molecule has 0 spiro atoms. The molecule has 7 nitrogen and oxygen atoms in total. The van der Waals surface area contributed by atoms with Crippen LogP contribution in [0.1, 0.15) is 21.0 Å². The number of hydrogen-bond acceptors (Lipinski definition) is 6. The normalized spacial score (nSPS) is 11.2. The molecule has 0 aliphatic rings. The van der Waals surface area contributed by atoms with E-state index in [4.69, 9.17) is 32.4 Å². The van der Waals surface area contributed by atoms with Gasteiger partial charge in [0.15, 0.2) is 0 Å². The smallest absolute Gasteiger partial charge is 0.261 e. The molecule has 0 saturated carbocycles. The number of sulfonamides is 1. The third kappa shape index (κ3) is 6.68. The predicted molar refractivity (Wildman–Crippen MR) is 157 cm³/mol. The summed E-state index contributed by atoms with van der Waals surface area (Å²) in [6.45, 7) is 0.498. The van der Waals surface area contributed by atoms with Crippen LogP contribution < -0.4 is 9.46 Å². The molecule has 1 N–H and O–H groups in total. The molecule has 2 heterocycles. The minimum absolute atomic E-state index is 0.0154. The lowest BCUT2D eigenvalue weighted by Gasteiger charge is -2.23. The van der Waals surface area contributed by atoms with Gasteiger partial charge in [0.05, 0.1) is 40.5 Å². The van der Waals surface area contributed by atoms with E-state index in [2.05, 4.69) is 4.72 Å². The van der Waals surface area contributed by atoms with Crippen molar-refractivity contribution in [2.24, 2.45) is 0 Å². The van der Waals surface area contributed by atoms with Crippen molar-refractivity contribution in [3.8, 4) is 11.5 Å². The number of nitrogens with zero attached hydrogens (tertiary/aromatic N) is 1. The molecule has 1 amide bonds. The predicted octanol–water partition coefficient (Wildman–Crippen LogP) is 8.08. The van der Waals surface area contributed by atoms with Gasteiger partial charge in [-0.05, 0) is 78.2 Å². The van der Waals surface area contributed by atoms with Crippen molar-refractivity contribution in [2.45, 2.75) is 18.0 Å². The summed E-state index contributed by atoms with van der Waals surface area (Å²) in [5, 5.41) is 2.65. The number of nitrogens with one attached hydrogen (secondary N) is 1. The summed E-state index contributed by atoms with van der Waals surface area (Å²) in [6, 6.07) is 24.6. The molecule has 204 valence electrons. The first-order valence-electron chi connectivity index (χ1n) is 12.0. The lowest BCUT2D eigenvalue weighted by atomic mass is 10.1. The second-order valence-corrected chi connectivity index (χ2v) is 12.2. The highest BCUT2D eigenvalue weighted by atomic mass is 35.5. The molecule has 0 aliphatic heterocycles.